The largest absolute Gasteiger partial charge is 0.377 e. The van der Waals surface area contributed by atoms with Crippen molar-refractivity contribution in [2.45, 2.75) is 44.6 Å². The molecule has 3 atom stereocenters. The van der Waals surface area contributed by atoms with Crippen LogP contribution in [-0.4, -0.2) is 12.7 Å². The summed E-state index contributed by atoms with van der Waals surface area (Å²) in [5.74, 6) is 0.950. The molecule has 1 aliphatic heterocycles. The molecular weight excluding hydrogens is 136 g/mol. The Hall–Kier alpha value is -0.0400. The van der Waals surface area contributed by atoms with Crippen LogP contribution in [0.1, 0.15) is 38.5 Å². The summed E-state index contributed by atoms with van der Waals surface area (Å²) in [6.07, 6.45) is 9.39. The van der Waals surface area contributed by atoms with Gasteiger partial charge in [-0.1, -0.05) is 6.42 Å². The summed E-state index contributed by atoms with van der Waals surface area (Å²) in [7, 11) is 0. The summed E-state index contributed by atoms with van der Waals surface area (Å²) >= 11 is 0. The highest BCUT2D eigenvalue weighted by atomic mass is 16.5. The maximum atomic E-state index is 5.83. The van der Waals surface area contributed by atoms with Crippen LogP contribution >= 0.6 is 0 Å². The van der Waals surface area contributed by atoms with Gasteiger partial charge in [0.25, 0.3) is 0 Å². The Morgan fingerprint density at radius 1 is 1.09 bits per heavy atom. The Kier molecular flexibility index (Phi) is 1.18. The molecule has 2 aliphatic carbocycles. The minimum atomic E-state index is 0.683. The fraction of sp³-hybridized carbons (Fsp3) is 1.00. The van der Waals surface area contributed by atoms with E-state index in [1.165, 1.54) is 38.5 Å². The molecule has 1 heteroatoms. The minimum Gasteiger partial charge on any atom is -0.377 e. The second-order valence-electron chi connectivity index (χ2n) is 4.59. The fourth-order valence-corrected chi connectivity index (χ4v) is 3.64. The fourth-order valence-electron chi connectivity index (χ4n) is 3.64. The van der Waals surface area contributed by atoms with Crippen molar-refractivity contribution in [3.05, 3.63) is 0 Å². The number of ether oxygens (including phenoxy) is 1. The van der Waals surface area contributed by atoms with E-state index in [2.05, 4.69) is 0 Å². The van der Waals surface area contributed by atoms with Crippen molar-refractivity contribution < 1.29 is 4.74 Å². The van der Waals surface area contributed by atoms with E-state index in [1.54, 1.807) is 0 Å². The van der Waals surface area contributed by atoms with Gasteiger partial charge in [0.05, 0.1) is 6.10 Å². The molecule has 3 aliphatic rings. The molecule has 3 fully saturated rings. The van der Waals surface area contributed by atoms with E-state index in [0.717, 1.165) is 12.5 Å². The summed E-state index contributed by atoms with van der Waals surface area (Å²) < 4.78 is 5.83. The molecule has 0 aromatic rings. The van der Waals surface area contributed by atoms with Gasteiger partial charge >= 0.3 is 0 Å². The zero-order valence-corrected chi connectivity index (χ0v) is 7.01. The molecule has 0 aromatic carbocycles. The molecule has 2 bridgehead atoms. The third kappa shape index (κ3) is 0.703. The highest BCUT2D eigenvalue weighted by molar-refractivity contribution is 5.03. The molecule has 1 heterocycles. The molecule has 1 nitrogen and oxygen atoms in total. The molecule has 0 aromatic heterocycles. The van der Waals surface area contributed by atoms with E-state index in [-0.39, 0.29) is 0 Å². The van der Waals surface area contributed by atoms with Crippen LogP contribution in [-0.2, 0) is 4.74 Å². The first-order valence-electron chi connectivity index (χ1n) is 5.02. The first-order valence-corrected chi connectivity index (χ1v) is 5.02. The van der Waals surface area contributed by atoms with Gasteiger partial charge in [-0.15, -0.1) is 0 Å². The lowest BCUT2D eigenvalue weighted by atomic mass is 9.73. The molecule has 3 rings (SSSR count). The monoisotopic (exact) mass is 152 g/mol. The smallest absolute Gasteiger partial charge is 0.0660 e. The van der Waals surface area contributed by atoms with Crippen molar-refractivity contribution >= 4 is 0 Å². The van der Waals surface area contributed by atoms with Crippen molar-refractivity contribution in [3.63, 3.8) is 0 Å². The molecule has 1 saturated heterocycles. The number of rotatable bonds is 0. The van der Waals surface area contributed by atoms with Gasteiger partial charge < -0.3 is 4.74 Å². The van der Waals surface area contributed by atoms with Crippen molar-refractivity contribution in [1.29, 1.82) is 0 Å². The third-order valence-corrected chi connectivity index (χ3v) is 4.19. The maximum Gasteiger partial charge on any atom is 0.0660 e. The van der Waals surface area contributed by atoms with Crippen molar-refractivity contribution in [2.75, 3.05) is 6.61 Å². The minimum absolute atomic E-state index is 0.683. The highest BCUT2D eigenvalue weighted by Crippen LogP contribution is 2.57. The van der Waals surface area contributed by atoms with Gasteiger partial charge in [0, 0.05) is 6.61 Å². The van der Waals surface area contributed by atoms with Gasteiger partial charge in [0.1, 0.15) is 0 Å². The van der Waals surface area contributed by atoms with Crippen LogP contribution in [0.5, 0.6) is 0 Å². The maximum absolute atomic E-state index is 5.83. The Balaban J connectivity index is 1.97. The quantitative estimate of drug-likeness (QED) is 0.517. The number of hydrogen-bond acceptors (Lipinski definition) is 1. The van der Waals surface area contributed by atoms with E-state index < -0.39 is 0 Å². The Labute approximate surface area is 68.1 Å². The Morgan fingerprint density at radius 3 is 3.00 bits per heavy atom. The second-order valence-corrected chi connectivity index (χ2v) is 4.59. The highest BCUT2D eigenvalue weighted by Gasteiger charge is 2.53. The van der Waals surface area contributed by atoms with Crippen molar-refractivity contribution in [3.8, 4) is 0 Å². The molecule has 11 heavy (non-hydrogen) atoms. The molecule has 0 spiro atoms. The second kappa shape index (κ2) is 2.01. The standard InChI is InChI=1S/C10H16O/c1-2-8-3-5-10(4-1)6-7-11-9(8)10/h8-9H,1-7H2. The average molecular weight is 152 g/mol. The lowest BCUT2D eigenvalue weighted by Crippen LogP contribution is -2.32. The van der Waals surface area contributed by atoms with Crippen LogP contribution in [0.2, 0.25) is 0 Å². The molecular formula is C10H16O. The average Bonchev–Trinajstić information content (AvgIpc) is 2.47. The van der Waals surface area contributed by atoms with E-state index in [9.17, 15) is 0 Å². The van der Waals surface area contributed by atoms with Gasteiger partial charge in [0.2, 0.25) is 0 Å². The first kappa shape index (κ1) is 6.47. The van der Waals surface area contributed by atoms with Crippen LogP contribution in [0.3, 0.4) is 0 Å². The van der Waals surface area contributed by atoms with Crippen LogP contribution in [0.15, 0.2) is 0 Å². The van der Waals surface area contributed by atoms with Gasteiger partial charge in [-0.25, -0.2) is 0 Å². The van der Waals surface area contributed by atoms with Gasteiger partial charge in [-0.2, -0.15) is 0 Å². The molecule has 0 amide bonds. The lowest BCUT2D eigenvalue weighted by molar-refractivity contribution is 0.0120. The van der Waals surface area contributed by atoms with E-state index >= 15 is 0 Å². The van der Waals surface area contributed by atoms with Crippen molar-refractivity contribution in [2.24, 2.45) is 11.3 Å². The van der Waals surface area contributed by atoms with E-state index in [0.29, 0.717) is 11.5 Å². The molecule has 62 valence electrons. The van der Waals surface area contributed by atoms with Gasteiger partial charge in [-0.05, 0) is 43.4 Å². The summed E-state index contributed by atoms with van der Waals surface area (Å²) in [5.41, 5.74) is 0.683. The first-order chi connectivity index (χ1) is 5.41. The number of hydrogen-bond donors (Lipinski definition) is 0. The molecule has 3 unspecified atom stereocenters. The predicted molar refractivity (Wildman–Crippen MR) is 43.4 cm³/mol. The van der Waals surface area contributed by atoms with Crippen LogP contribution in [0.25, 0.3) is 0 Å². The zero-order valence-electron chi connectivity index (χ0n) is 7.01. The van der Waals surface area contributed by atoms with Crippen molar-refractivity contribution in [1.82, 2.24) is 0 Å². The molecule has 0 N–H and O–H groups in total. The SMILES string of the molecule is C1CC2CCC3(C1)CCOC23. The summed E-state index contributed by atoms with van der Waals surface area (Å²) in [6.45, 7) is 1.06. The van der Waals surface area contributed by atoms with Crippen LogP contribution in [0.4, 0.5) is 0 Å². The summed E-state index contributed by atoms with van der Waals surface area (Å²) in [4.78, 5) is 0. The normalized spacial score (nSPS) is 54.5. The van der Waals surface area contributed by atoms with E-state index in [4.69, 9.17) is 4.74 Å². The third-order valence-electron chi connectivity index (χ3n) is 4.19. The van der Waals surface area contributed by atoms with E-state index in [1.807, 2.05) is 0 Å². The summed E-state index contributed by atoms with van der Waals surface area (Å²) in [5, 5.41) is 0. The zero-order chi connectivity index (χ0) is 7.31. The molecule has 2 saturated carbocycles. The predicted octanol–water partition coefficient (Wildman–Crippen LogP) is 2.36. The van der Waals surface area contributed by atoms with Gasteiger partial charge in [0.15, 0.2) is 0 Å². The summed E-state index contributed by atoms with van der Waals surface area (Å²) in [6, 6.07) is 0. The molecule has 0 radical (unpaired) electrons. The van der Waals surface area contributed by atoms with Crippen LogP contribution < -0.4 is 0 Å². The van der Waals surface area contributed by atoms with Crippen LogP contribution in [0, 0.1) is 11.3 Å². The lowest BCUT2D eigenvalue weighted by Gasteiger charge is -2.34. The Morgan fingerprint density at radius 2 is 2.09 bits per heavy atom. The topological polar surface area (TPSA) is 9.23 Å². The van der Waals surface area contributed by atoms with Gasteiger partial charge in [-0.3, -0.25) is 0 Å². The Bertz CT molecular complexity index is 174.